The normalized spacial score (nSPS) is 22.5. The Kier molecular flexibility index (Phi) is 4.35. The van der Waals surface area contributed by atoms with Crippen molar-refractivity contribution in [1.82, 2.24) is 14.9 Å². The van der Waals surface area contributed by atoms with Crippen molar-refractivity contribution in [2.75, 3.05) is 11.9 Å². The lowest BCUT2D eigenvalue weighted by atomic mass is 9.62. The Labute approximate surface area is 139 Å². The molecule has 3 rings (SSSR count). The van der Waals surface area contributed by atoms with E-state index in [1.807, 2.05) is 30.3 Å². The summed E-state index contributed by atoms with van der Waals surface area (Å²) in [4.78, 5) is 27.6. The number of hydrogen-bond donors (Lipinski definition) is 3. The molecule has 7 heteroatoms. The lowest BCUT2D eigenvalue weighted by molar-refractivity contribution is 0.0193. The fourth-order valence-electron chi connectivity index (χ4n) is 3.06. The Morgan fingerprint density at radius 2 is 2.08 bits per heavy atom. The van der Waals surface area contributed by atoms with Gasteiger partial charge in [-0.3, -0.25) is 10.1 Å². The second-order valence-corrected chi connectivity index (χ2v) is 6.24. The molecule has 0 aliphatic heterocycles. The van der Waals surface area contributed by atoms with Crippen molar-refractivity contribution >= 4 is 11.8 Å². The molecule has 2 amide bonds. The van der Waals surface area contributed by atoms with E-state index in [-0.39, 0.29) is 22.9 Å². The van der Waals surface area contributed by atoms with Gasteiger partial charge in [-0.25, -0.2) is 9.78 Å². The summed E-state index contributed by atoms with van der Waals surface area (Å²) in [5.74, 6) is 0.206. The lowest BCUT2D eigenvalue weighted by Crippen LogP contribution is -2.52. The average molecular weight is 328 g/mol. The molecule has 3 N–H and O–H groups in total. The van der Waals surface area contributed by atoms with E-state index in [1.54, 1.807) is 7.05 Å². The number of rotatable bonds is 4. The first-order valence-electron chi connectivity index (χ1n) is 7.80. The van der Waals surface area contributed by atoms with E-state index in [9.17, 15) is 14.7 Å². The number of carbonyl (C=O) groups excluding carboxylic acids is 1. The van der Waals surface area contributed by atoms with Gasteiger partial charge in [0.2, 0.25) is 0 Å². The van der Waals surface area contributed by atoms with Crippen LogP contribution in [0.1, 0.15) is 18.4 Å². The Balaban J connectivity index is 1.64. The molecule has 1 aromatic heterocycles. The van der Waals surface area contributed by atoms with Gasteiger partial charge in [-0.05, 0) is 18.4 Å². The molecule has 24 heavy (non-hydrogen) atoms. The van der Waals surface area contributed by atoms with Crippen molar-refractivity contribution in [3.05, 3.63) is 58.6 Å². The van der Waals surface area contributed by atoms with E-state index in [2.05, 4.69) is 15.6 Å². The van der Waals surface area contributed by atoms with E-state index >= 15 is 0 Å². The van der Waals surface area contributed by atoms with Gasteiger partial charge >= 0.3 is 6.03 Å². The van der Waals surface area contributed by atoms with E-state index in [1.165, 1.54) is 17.0 Å². The van der Waals surface area contributed by atoms with Crippen LogP contribution >= 0.6 is 0 Å². The van der Waals surface area contributed by atoms with Crippen LogP contribution in [0.3, 0.4) is 0 Å². The number of anilines is 1. The highest BCUT2D eigenvalue weighted by atomic mass is 16.3. The molecule has 2 aromatic rings. The first-order valence-corrected chi connectivity index (χ1v) is 7.80. The zero-order chi connectivity index (χ0) is 17.2. The van der Waals surface area contributed by atoms with E-state index in [0.717, 1.165) is 5.56 Å². The van der Waals surface area contributed by atoms with Crippen LogP contribution < -0.4 is 16.2 Å². The van der Waals surface area contributed by atoms with E-state index in [0.29, 0.717) is 19.4 Å². The number of carbonyl (C=O) groups is 1. The van der Waals surface area contributed by atoms with Crippen LogP contribution in [-0.4, -0.2) is 33.3 Å². The predicted octanol–water partition coefficient (Wildman–Crippen LogP) is 0.994. The number of aryl methyl sites for hydroxylation is 1. The van der Waals surface area contributed by atoms with Gasteiger partial charge in [-0.15, -0.1) is 0 Å². The molecule has 1 saturated carbocycles. The number of nitrogens with one attached hydrogen (secondary N) is 2. The van der Waals surface area contributed by atoms with Crippen LogP contribution in [0, 0.1) is 0 Å². The third-order valence-corrected chi connectivity index (χ3v) is 4.45. The summed E-state index contributed by atoms with van der Waals surface area (Å²) in [5, 5.41) is 15.1. The number of urea groups is 1. The van der Waals surface area contributed by atoms with Crippen LogP contribution in [0.2, 0.25) is 0 Å². The molecule has 0 unspecified atom stereocenters. The number of hydrogen-bond acceptors (Lipinski definition) is 4. The van der Waals surface area contributed by atoms with Crippen LogP contribution in [0.5, 0.6) is 0 Å². The van der Waals surface area contributed by atoms with Gasteiger partial charge in [-0.2, -0.15) is 0 Å². The molecular formula is C17H20N4O3. The summed E-state index contributed by atoms with van der Waals surface area (Å²) in [5.41, 5.74) is 0.601. The summed E-state index contributed by atoms with van der Waals surface area (Å²) in [7, 11) is 1.59. The quantitative estimate of drug-likeness (QED) is 0.780. The van der Waals surface area contributed by atoms with E-state index < -0.39 is 6.03 Å². The number of benzene rings is 1. The number of aliphatic hydroxyl groups excluding tert-OH is 1. The maximum atomic E-state index is 12.1. The van der Waals surface area contributed by atoms with Gasteiger partial charge in [-0.1, -0.05) is 30.3 Å². The molecule has 0 radical (unpaired) electrons. The van der Waals surface area contributed by atoms with Gasteiger partial charge in [0.15, 0.2) is 0 Å². The summed E-state index contributed by atoms with van der Waals surface area (Å²) >= 11 is 0. The molecule has 126 valence electrons. The molecule has 1 heterocycles. The number of amides is 2. The largest absolute Gasteiger partial charge is 0.393 e. The number of aliphatic hydroxyl groups is 1. The molecular weight excluding hydrogens is 308 g/mol. The monoisotopic (exact) mass is 328 g/mol. The number of nitrogens with zero attached hydrogens (tertiary/aromatic N) is 2. The van der Waals surface area contributed by atoms with Crippen molar-refractivity contribution in [1.29, 1.82) is 0 Å². The minimum Gasteiger partial charge on any atom is -0.393 e. The van der Waals surface area contributed by atoms with Crippen molar-refractivity contribution in [3.63, 3.8) is 0 Å². The smallest absolute Gasteiger partial charge is 0.320 e. The lowest BCUT2D eigenvalue weighted by Gasteiger charge is -2.46. The second kappa shape index (κ2) is 6.45. The SMILES string of the molecule is Cn1cnc(NC(=O)NCC2(c3ccccc3)CC(O)C2)cc1=O. The van der Waals surface area contributed by atoms with Crippen LogP contribution in [0.15, 0.2) is 47.5 Å². The average Bonchev–Trinajstić information content (AvgIpc) is 2.55. The Hall–Kier alpha value is -2.67. The fraction of sp³-hybridized carbons (Fsp3) is 0.353. The van der Waals surface area contributed by atoms with Crippen LogP contribution in [-0.2, 0) is 12.5 Å². The van der Waals surface area contributed by atoms with Gasteiger partial charge in [0.1, 0.15) is 5.82 Å². The third-order valence-electron chi connectivity index (χ3n) is 4.45. The maximum absolute atomic E-state index is 12.1. The van der Waals surface area contributed by atoms with Gasteiger partial charge < -0.3 is 15.0 Å². The standard InChI is InChI=1S/C17H20N4O3/c1-21-11-19-14(7-15(21)23)20-16(24)18-10-17(8-13(22)9-17)12-5-3-2-4-6-12/h2-7,11,13,22H,8-10H2,1H3,(H2,18,20,24). The molecule has 7 nitrogen and oxygen atoms in total. The van der Waals surface area contributed by atoms with Crippen LogP contribution in [0.4, 0.5) is 10.6 Å². The summed E-state index contributed by atoms with van der Waals surface area (Å²) in [6.07, 6.45) is 2.24. The van der Waals surface area contributed by atoms with Gasteiger partial charge in [0.05, 0.1) is 12.4 Å². The summed E-state index contributed by atoms with van der Waals surface area (Å²) < 4.78 is 1.32. The van der Waals surface area contributed by atoms with Crippen molar-refractivity contribution in [2.24, 2.45) is 7.05 Å². The minimum atomic E-state index is -0.424. The second-order valence-electron chi connectivity index (χ2n) is 6.24. The number of aromatic nitrogens is 2. The fourth-order valence-corrected chi connectivity index (χ4v) is 3.06. The first kappa shape index (κ1) is 16.2. The van der Waals surface area contributed by atoms with Gasteiger partial charge in [0.25, 0.3) is 5.56 Å². The van der Waals surface area contributed by atoms with Crippen molar-refractivity contribution < 1.29 is 9.90 Å². The van der Waals surface area contributed by atoms with Crippen molar-refractivity contribution in [2.45, 2.75) is 24.4 Å². The molecule has 0 saturated heterocycles. The maximum Gasteiger partial charge on any atom is 0.320 e. The van der Waals surface area contributed by atoms with Crippen molar-refractivity contribution in [3.8, 4) is 0 Å². The highest BCUT2D eigenvalue weighted by molar-refractivity contribution is 5.88. The molecule has 0 atom stereocenters. The summed E-state index contributed by atoms with van der Waals surface area (Å²) in [6, 6.07) is 10.7. The van der Waals surface area contributed by atoms with Crippen LogP contribution in [0.25, 0.3) is 0 Å². The zero-order valence-corrected chi connectivity index (χ0v) is 13.4. The topological polar surface area (TPSA) is 96.2 Å². The summed E-state index contributed by atoms with van der Waals surface area (Å²) in [6.45, 7) is 0.407. The predicted molar refractivity (Wildman–Crippen MR) is 89.9 cm³/mol. The third kappa shape index (κ3) is 3.30. The molecule has 1 aromatic carbocycles. The zero-order valence-electron chi connectivity index (χ0n) is 13.4. The first-order chi connectivity index (χ1) is 11.5. The highest BCUT2D eigenvalue weighted by Gasteiger charge is 2.44. The van der Waals surface area contributed by atoms with E-state index in [4.69, 9.17) is 0 Å². The molecule has 1 fully saturated rings. The molecule has 1 aliphatic rings. The van der Waals surface area contributed by atoms with Gasteiger partial charge in [0, 0.05) is 25.1 Å². The highest BCUT2D eigenvalue weighted by Crippen LogP contribution is 2.43. The Morgan fingerprint density at radius 1 is 1.38 bits per heavy atom. The minimum absolute atomic E-state index is 0.206. The molecule has 0 spiro atoms. The Bertz CT molecular complexity index is 782. The molecule has 1 aliphatic carbocycles. The molecule has 0 bridgehead atoms. The Morgan fingerprint density at radius 3 is 2.71 bits per heavy atom.